The molecular formula is C11H10ClNOS. The van der Waals surface area contributed by atoms with Crippen molar-refractivity contribution in [2.75, 3.05) is 0 Å². The zero-order valence-corrected chi connectivity index (χ0v) is 9.42. The highest BCUT2D eigenvalue weighted by Crippen LogP contribution is 2.14. The van der Waals surface area contributed by atoms with Crippen molar-refractivity contribution in [3.05, 3.63) is 52.4 Å². The summed E-state index contributed by atoms with van der Waals surface area (Å²) in [6.45, 7) is 0. The summed E-state index contributed by atoms with van der Waals surface area (Å²) in [5.41, 5.74) is 6.52. The van der Waals surface area contributed by atoms with Gasteiger partial charge in [-0.05, 0) is 23.8 Å². The summed E-state index contributed by atoms with van der Waals surface area (Å²) in [5.74, 6) is 0.0369. The molecule has 0 aliphatic rings. The summed E-state index contributed by atoms with van der Waals surface area (Å²) in [5, 5.41) is 11.6. The smallest absolute Gasteiger partial charge is 0.125 e. The van der Waals surface area contributed by atoms with Crippen molar-refractivity contribution in [2.45, 2.75) is 0 Å². The number of hydrogen-bond acceptors (Lipinski definition) is 3. The minimum absolute atomic E-state index is 0.0369. The molecule has 0 aliphatic carbocycles. The normalized spacial score (nSPS) is 12.6. The fourth-order valence-corrected chi connectivity index (χ4v) is 1.31. The number of rotatable bonds is 3. The van der Waals surface area contributed by atoms with Crippen LogP contribution < -0.4 is 5.73 Å². The maximum Gasteiger partial charge on any atom is 0.125 e. The van der Waals surface area contributed by atoms with Gasteiger partial charge in [0, 0.05) is 22.2 Å². The molecule has 0 atom stereocenters. The lowest BCUT2D eigenvalue weighted by molar-refractivity contribution is 0.434. The van der Waals surface area contributed by atoms with Gasteiger partial charge in [0.05, 0.1) is 0 Å². The van der Waals surface area contributed by atoms with Gasteiger partial charge in [0.2, 0.25) is 0 Å². The first-order chi connectivity index (χ1) is 7.17. The molecule has 2 nitrogen and oxygen atoms in total. The Labute approximate surface area is 98.7 Å². The molecule has 0 radical (unpaired) electrons. The molecule has 0 saturated carbocycles. The fraction of sp³-hybridized carbons (Fsp3) is 0. The van der Waals surface area contributed by atoms with Crippen molar-refractivity contribution >= 4 is 35.3 Å². The fourth-order valence-electron chi connectivity index (χ4n) is 0.985. The standard InChI is InChI=1S/C11H10ClNOS/c12-10-3-1-8(2-4-10)5-11(14)9(6-13)7-15/h1-7,14H,13H2/b9-6?,11-5-. The van der Waals surface area contributed by atoms with Crippen molar-refractivity contribution in [1.29, 1.82) is 0 Å². The lowest BCUT2D eigenvalue weighted by Crippen LogP contribution is -1.93. The summed E-state index contributed by atoms with van der Waals surface area (Å²) < 4.78 is 0. The van der Waals surface area contributed by atoms with E-state index in [4.69, 9.17) is 29.6 Å². The first-order valence-electron chi connectivity index (χ1n) is 4.21. The molecule has 0 amide bonds. The van der Waals surface area contributed by atoms with E-state index in [9.17, 15) is 5.11 Å². The van der Waals surface area contributed by atoms with E-state index in [1.807, 2.05) is 0 Å². The van der Waals surface area contributed by atoms with E-state index in [1.54, 1.807) is 30.3 Å². The van der Waals surface area contributed by atoms with Gasteiger partial charge in [0.15, 0.2) is 0 Å². The highest BCUT2D eigenvalue weighted by molar-refractivity contribution is 7.79. The first kappa shape index (κ1) is 11.8. The van der Waals surface area contributed by atoms with Gasteiger partial charge in [-0.3, -0.25) is 0 Å². The number of allylic oxidation sites excluding steroid dienone is 1. The number of benzene rings is 1. The number of nitrogens with two attached hydrogens (primary N) is 1. The Morgan fingerprint density at radius 1 is 1.33 bits per heavy atom. The van der Waals surface area contributed by atoms with Crippen LogP contribution in [0.15, 0.2) is 41.8 Å². The van der Waals surface area contributed by atoms with E-state index in [0.717, 1.165) is 5.56 Å². The van der Waals surface area contributed by atoms with E-state index < -0.39 is 0 Å². The van der Waals surface area contributed by atoms with Crippen molar-refractivity contribution in [3.8, 4) is 0 Å². The van der Waals surface area contributed by atoms with E-state index >= 15 is 0 Å². The van der Waals surface area contributed by atoms with Gasteiger partial charge in [-0.1, -0.05) is 36.0 Å². The second kappa shape index (κ2) is 5.53. The molecule has 1 aromatic carbocycles. The number of aliphatic hydroxyl groups is 1. The van der Waals surface area contributed by atoms with Gasteiger partial charge in [-0.15, -0.1) is 0 Å². The van der Waals surface area contributed by atoms with Gasteiger partial charge < -0.3 is 10.8 Å². The average Bonchev–Trinajstić information content (AvgIpc) is 2.23. The largest absolute Gasteiger partial charge is 0.507 e. The molecule has 0 aromatic heterocycles. The van der Waals surface area contributed by atoms with Crippen molar-refractivity contribution in [1.82, 2.24) is 0 Å². The van der Waals surface area contributed by atoms with Crippen LogP contribution >= 0.6 is 23.8 Å². The predicted octanol–water partition coefficient (Wildman–Crippen LogP) is 3.08. The van der Waals surface area contributed by atoms with E-state index in [2.05, 4.69) is 0 Å². The van der Waals surface area contributed by atoms with Crippen LogP contribution in [0.4, 0.5) is 0 Å². The molecule has 1 aromatic rings. The minimum atomic E-state index is 0.0369. The Hall–Kier alpha value is -1.32. The van der Waals surface area contributed by atoms with Gasteiger partial charge >= 0.3 is 0 Å². The predicted molar refractivity (Wildman–Crippen MR) is 68.0 cm³/mol. The molecule has 15 heavy (non-hydrogen) atoms. The Morgan fingerprint density at radius 2 is 1.93 bits per heavy atom. The Bertz CT molecular complexity index is 409. The number of hydrogen-bond donors (Lipinski definition) is 2. The summed E-state index contributed by atoms with van der Waals surface area (Å²) in [6.07, 6.45) is 2.83. The molecule has 0 heterocycles. The molecule has 0 aliphatic heterocycles. The topological polar surface area (TPSA) is 46.2 Å². The Kier molecular flexibility index (Phi) is 4.34. The Balaban J connectivity index is 2.96. The van der Waals surface area contributed by atoms with Crippen LogP contribution in [0.1, 0.15) is 5.56 Å². The number of thiocarbonyl (C=S) groups is 1. The van der Waals surface area contributed by atoms with Crippen LogP contribution in [0.25, 0.3) is 6.08 Å². The van der Waals surface area contributed by atoms with E-state index in [1.165, 1.54) is 11.6 Å². The molecule has 1 rings (SSSR count). The minimum Gasteiger partial charge on any atom is -0.507 e. The zero-order chi connectivity index (χ0) is 11.3. The second-order valence-electron chi connectivity index (χ2n) is 2.82. The third kappa shape index (κ3) is 3.38. The third-order valence-corrected chi connectivity index (χ3v) is 2.28. The second-order valence-corrected chi connectivity index (χ2v) is 3.49. The lowest BCUT2D eigenvalue weighted by Gasteiger charge is -1.99. The van der Waals surface area contributed by atoms with Crippen LogP contribution in [0.5, 0.6) is 0 Å². The monoisotopic (exact) mass is 239 g/mol. The quantitative estimate of drug-likeness (QED) is 0.369. The first-order valence-corrected chi connectivity index (χ1v) is 5.06. The highest BCUT2D eigenvalue weighted by atomic mass is 35.5. The summed E-state index contributed by atoms with van der Waals surface area (Å²) in [4.78, 5) is 0. The van der Waals surface area contributed by atoms with Gasteiger partial charge in [-0.2, -0.15) is 0 Å². The van der Waals surface area contributed by atoms with Crippen molar-refractivity contribution < 1.29 is 5.11 Å². The van der Waals surface area contributed by atoms with Crippen molar-refractivity contribution in [3.63, 3.8) is 0 Å². The third-order valence-electron chi connectivity index (χ3n) is 1.78. The molecule has 3 N–H and O–H groups in total. The van der Waals surface area contributed by atoms with E-state index in [-0.39, 0.29) is 5.76 Å². The molecule has 78 valence electrons. The number of halogens is 1. The molecule has 0 fully saturated rings. The van der Waals surface area contributed by atoms with Gasteiger partial charge in [0.25, 0.3) is 0 Å². The van der Waals surface area contributed by atoms with Crippen molar-refractivity contribution in [2.24, 2.45) is 5.73 Å². The molecule has 4 heteroatoms. The number of aliphatic hydroxyl groups excluding tert-OH is 1. The molecule has 0 bridgehead atoms. The average molecular weight is 240 g/mol. The molecule has 0 spiro atoms. The van der Waals surface area contributed by atoms with Gasteiger partial charge in [0.1, 0.15) is 5.76 Å². The lowest BCUT2D eigenvalue weighted by atomic mass is 10.1. The van der Waals surface area contributed by atoms with Gasteiger partial charge in [-0.25, -0.2) is 0 Å². The molecular weight excluding hydrogens is 230 g/mol. The summed E-state index contributed by atoms with van der Waals surface area (Å²) in [6, 6.07) is 7.06. The van der Waals surface area contributed by atoms with E-state index in [0.29, 0.717) is 10.6 Å². The van der Waals surface area contributed by atoms with Crippen LogP contribution in [-0.2, 0) is 0 Å². The molecule has 0 saturated heterocycles. The van der Waals surface area contributed by atoms with Crippen LogP contribution in [-0.4, -0.2) is 10.5 Å². The summed E-state index contributed by atoms with van der Waals surface area (Å²) >= 11 is 10.4. The maximum atomic E-state index is 9.61. The zero-order valence-electron chi connectivity index (χ0n) is 7.85. The Morgan fingerprint density at radius 3 is 2.40 bits per heavy atom. The van der Waals surface area contributed by atoms with Crippen LogP contribution in [0, 0.1) is 0 Å². The molecule has 0 unspecified atom stereocenters. The summed E-state index contributed by atoms with van der Waals surface area (Å²) in [7, 11) is 0. The van der Waals surface area contributed by atoms with Crippen LogP contribution in [0.3, 0.4) is 0 Å². The maximum absolute atomic E-state index is 9.61. The highest BCUT2D eigenvalue weighted by Gasteiger charge is 1.98. The SMILES string of the molecule is NC=C(C=S)/C(O)=C/c1ccc(Cl)cc1. The van der Waals surface area contributed by atoms with Crippen LogP contribution in [0.2, 0.25) is 5.02 Å².